The number of hydrogen-bond acceptors (Lipinski definition) is 5. The molecule has 1 fully saturated rings. The van der Waals surface area contributed by atoms with E-state index in [9.17, 15) is 0 Å². The Hall–Kier alpha value is -2.96. The molecule has 0 radical (unpaired) electrons. The van der Waals surface area contributed by atoms with Gasteiger partial charge in [0.25, 0.3) is 0 Å². The van der Waals surface area contributed by atoms with E-state index in [0.29, 0.717) is 18.4 Å². The van der Waals surface area contributed by atoms with Gasteiger partial charge in [0.15, 0.2) is 5.65 Å². The molecule has 0 aliphatic carbocycles. The maximum atomic E-state index is 6.06. The molecule has 1 saturated heterocycles. The molecule has 4 aromatic rings. The van der Waals surface area contributed by atoms with Crippen molar-refractivity contribution in [1.82, 2.24) is 24.5 Å². The van der Waals surface area contributed by atoms with Gasteiger partial charge >= 0.3 is 0 Å². The van der Waals surface area contributed by atoms with Gasteiger partial charge in [-0.25, -0.2) is 14.5 Å². The second kappa shape index (κ2) is 9.49. The number of rotatable bonds is 6. The first-order chi connectivity index (χ1) is 16.1. The van der Waals surface area contributed by atoms with Crippen LogP contribution in [0.4, 0.5) is 0 Å². The Morgan fingerprint density at radius 3 is 2.73 bits per heavy atom. The van der Waals surface area contributed by atoms with E-state index in [1.165, 1.54) is 11.3 Å². The Bertz CT molecular complexity index is 1250. The summed E-state index contributed by atoms with van der Waals surface area (Å²) in [7, 11) is 0. The van der Waals surface area contributed by atoms with Crippen molar-refractivity contribution in [2.75, 3.05) is 19.7 Å². The lowest BCUT2D eigenvalue weighted by Crippen LogP contribution is -2.34. The number of aromatic nitrogens is 4. The van der Waals surface area contributed by atoms with Crippen LogP contribution < -0.4 is 4.74 Å². The molecular weight excluding hydrogens is 434 g/mol. The zero-order chi connectivity index (χ0) is 22.8. The van der Waals surface area contributed by atoms with Crippen molar-refractivity contribution in [3.63, 3.8) is 0 Å². The van der Waals surface area contributed by atoms with Crippen LogP contribution in [-0.2, 0) is 6.54 Å². The van der Waals surface area contributed by atoms with Crippen molar-refractivity contribution in [3.05, 3.63) is 76.8 Å². The minimum Gasteiger partial charge on any atom is -0.478 e. The summed E-state index contributed by atoms with van der Waals surface area (Å²) in [6.45, 7) is 7.63. The molecule has 33 heavy (non-hydrogen) atoms. The lowest BCUT2D eigenvalue weighted by atomic mass is 9.94. The summed E-state index contributed by atoms with van der Waals surface area (Å²) in [5, 5.41) is 5.70. The maximum Gasteiger partial charge on any atom is 0.213 e. The Morgan fingerprint density at radius 1 is 1.09 bits per heavy atom. The van der Waals surface area contributed by atoms with E-state index in [0.717, 1.165) is 60.0 Å². The highest BCUT2D eigenvalue weighted by atomic mass is 35.5. The fourth-order valence-corrected chi connectivity index (χ4v) is 4.92. The fourth-order valence-electron chi connectivity index (χ4n) is 4.80. The Kier molecular flexibility index (Phi) is 6.29. The molecule has 170 valence electrons. The molecule has 1 aromatic carbocycles. The van der Waals surface area contributed by atoms with Crippen LogP contribution in [0.3, 0.4) is 0 Å². The van der Waals surface area contributed by atoms with Crippen molar-refractivity contribution in [2.45, 2.75) is 39.2 Å². The molecule has 1 atom stereocenters. The van der Waals surface area contributed by atoms with Crippen molar-refractivity contribution < 1.29 is 4.74 Å². The van der Waals surface area contributed by atoms with Gasteiger partial charge in [0.05, 0.1) is 18.0 Å². The maximum absolute atomic E-state index is 6.06. The van der Waals surface area contributed by atoms with Gasteiger partial charge in [-0.1, -0.05) is 23.7 Å². The smallest absolute Gasteiger partial charge is 0.213 e. The van der Waals surface area contributed by atoms with Gasteiger partial charge in [-0.15, -0.1) is 0 Å². The average Bonchev–Trinajstić information content (AvgIpc) is 3.17. The van der Waals surface area contributed by atoms with Crippen LogP contribution >= 0.6 is 11.6 Å². The van der Waals surface area contributed by atoms with Crippen LogP contribution in [0.2, 0.25) is 5.02 Å². The summed E-state index contributed by atoms with van der Waals surface area (Å²) >= 11 is 6.06. The Labute approximate surface area is 199 Å². The third kappa shape index (κ3) is 4.59. The van der Waals surface area contributed by atoms with E-state index in [4.69, 9.17) is 26.4 Å². The van der Waals surface area contributed by atoms with Crippen molar-refractivity contribution >= 4 is 17.2 Å². The van der Waals surface area contributed by atoms with Gasteiger partial charge in [0, 0.05) is 48.1 Å². The second-order valence-corrected chi connectivity index (χ2v) is 9.02. The molecule has 6 nitrogen and oxygen atoms in total. The van der Waals surface area contributed by atoms with Gasteiger partial charge in [0.1, 0.15) is 0 Å². The first kappa shape index (κ1) is 21.9. The number of piperidine rings is 1. The predicted molar refractivity (Wildman–Crippen MR) is 131 cm³/mol. The molecular formula is C26H28ClN5O. The number of halogens is 1. The zero-order valence-electron chi connectivity index (χ0n) is 19.0. The molecule has 1 aliphatic rings. The van der Waals surface area contributed by atoms with Crippen LogP contribution in [0.15, 0.2) is 54.9 Å². The van der Waals surface area contributed by atoms with Gasteiger partial charge in [-0.05, 0) is 68.6 Å². The summed E-state index contributed by atoms with van der Waals surface area (Å²) < 4.78 is 7.65. The molecule has 0 N–H and O–H groups in total. The quantitative estimate of drug-likeness (QED) is 0.377. The molecule has 0 saturated carbocycles. The summed E-state index contributed by atoms with van der Waals surface area (Å²) in [5.74, 6) is 1.02. The van der Waals surface area contributed by atoms with Gasteiger partial charge in [0.2, 0.25) is 5.88 Å². The lowest BCUT2D eigenvalue weighted by Gasteiger charge is -2.33. The number of aryl methyl sites for hydroxylation is 1. The molecule has 4 heterocycles. The summed E-state index contributed by atoms with van der Waals surface area (Å²) in [4.78, 5) is 11.5. The van der Waals surface area contributed by atoms with Crippen molar-refractivity contribution in [1.29, 1.82) is 0 Å². The van der Waals surface area contributed by atoms with E-state index >= 15 is 0 Å². The number of nitrogens with zero attached hydrogens (tertiary/aromatic N) is 5. The molecule has 0 amide bonds. The molecule has 1 aliphatic heterocycles. The van der Waals surface area contributed by atoms with Gasteiger partial charge in [-0.3, -0.25) is 4.90 Å². The van der Waals surface area contributed by atoms with Crippen LogP contribution in [0.25, 0.3) is 16.8 Å². The first-order valence-electron chi connectivity index (χ1n) is 11.5. The number of hydrogen-bond donors (Lipinski definition) is 0. The zero-order valence-corrected chi connectivity index (χ0v) is 19.8. The van der Waals surface area contributed by atoms with Crippen LogP contribution in [0.1, 0.15) is 42.6 Å². The van der Waals surface area contributed by atoms with Crippen LogP contribution in [-0.4, -0.2) is 44.2 Å². The standard InChI is InChI=1S/C26H28ClN5O/c1-3-33-24-15-20(10-12-28-24)25-18(2)30-32-23(11-13-29-26(25)32)21-5-4-14-31(17-21)16-19-6-8-22(27)9-7-19/h6-13,15,21H,3-5,14,16-17H2,1-2H3. The molecule has 3 aromatic heterocycles. The largest absolute Gasteiger partial charge is 0.478 e. The molecule has 0 bridgehead atoms. The minimum absolute atomic E-state index is 0.403. The monoisotopic (exact) mass is 461 g/mol. The second-order valence-electron chi connectivity index (χ2n) is 8.58. The molecule has 7 heteroatoms. The average molecular weight is 462 g/mol. The van der Waals surface area contributed by atoms with Crippen molar-refractivity contribution in [3.8, 4) is 17.0 Å². The number of ether oxygens (including phenoxy) is 1. The van der Waals surface area contributed by atoms with Gasteiger partial charge in [-0.2, -0.15) is 5.10 Å². The third-order valence-corrected chi connectivity index (χ3v) is 6.53. The molecule has 0 spiro atoms. The number of likely N-dealkylation sites (tertiary alicyclic amines) is 1. The van der Waals surface area contributed by atoms with Crippen LogP contribution in [0, 0.1) is 6.92 Å². The molecule has 5 rings (SSSR count). The summed E-state index contributed by atoms with van der Waals surface area (Å²) in [5.41, 5.74) is 6.41. The highest BCUT2D eigenvalue weighted by molar-refractivity contribution is 6.30. The molecule has 1 unspecified atom stereocenters. The van der Waals surface area contributed by atoms with Crippen molar-refractivity contribution in [2.24, 2.45) is 0 Å². The van der Waals surface area contributed by atoms with E-state index < -0.39 is 0 Å². The number of fused-ring (bicyclic) bond motifs is 1. The number of pyridine rings is 1. The van der Waals surface area contributed by atoms with Gasteiger partial charge < -0.3 is 4.74 Å². The Morgan fingerprint density at radius 2 is 1.91 bits per heavy atom. The fraction of sp³-hybridized carbons (Fsp3) is 0.346. The Balaban J connectivity index is 1.45. The van der Waals surface area contributed by atoms with Crippen LogP contribution in [0.5, 0.6) is 5.88 Å². The lowest BCUT2D eigenvalue weighted by molar-refractivity contribution is 0.197. The predicted octanol–water partition coefficient (Wildman–Crippen LogP) is 5.53. The SMILES string of the molecule is CCOc1cc(-c2c(C)nn3c(C4CCCN(Cc5ccc(Cl)cc5)C4)ccnc23)ccn1. The van der Waals surface area contributed by atoms with E-state index in [1.54, 1.807) is 6.20 Å². The van der Waals surface area contributed by atoms with E-state index in [-0.39, 0.29) is 0 Å². The minimum atomic E-state index is 0.403. The topological polar surface area (TPSA) is 55.6 Å². The highest BCUT2D eigenvalue weighted by Crippen LogP contribution is 2.33. The van der Waals surface area contributed by atoms with E-state index in [2.05, 4.69) is 28.1 Å². The summed E-state index contributed by atoms with van der Waals surface area (Å²) in [6.07, 6.45) is 6.01. The van der Waals surface area contributed by atoms with E-state index in [1.807, 2.05) is 48.8 Å². The first-order valence-corrected chi connectivity index (χ1v) is 11.9. The normalized spacial score (nSPS) is 16.9. The summed E-state index contributed by atoms with van der Waals surface area (Å²) in [6, 6.07) is 14.3. The number of benzene rings is 1. The third-order valence-electron chi connectivity index (χ3n) is 6.28. The highest BCUT2D eigenvalue weighted by Gasteiger charge is 2.25.